The Morgan fingerprint density at radius 2 is 2.16 bits per heavy atom. The van der Waals surface area contributed by atoms with E-state index in [1.165, 1.54) is 17.1 Å². The second kappa shape index (κ2) is 7.57. The highest BCUT2D eigenvalue weighted by Gasteiger charge is 2.33. The quantitative estimate of drug-likeness (QED) is 0.851. The van der Waals surface area contributed by atoms with Gasteiger partial charge in [0.05, 0.1) is 11.8 Å². The van der Waals surface area contributed by atoms with E-state index in [0.717, 1.165) is 11.3 Å². The van der Waals surface area contributed by atoms with Crippen molar-refractivity contribution in [2.24, 2.45) is 5.10 Å². The zero-order valence-corrected chi connectivity index (χ0v) is 14.2. The number of carboxylic acid groups (broad SMARTS) is 1. The minimum atomic E-state index is -0.932. The van der Waals surface area contributed by atoms with Crippen molar-refractivity contribution in [1.82, 2.24) is 5.01 Å². The van der Waals surface area contributed by atoms with Crippen molar-refractivity contribution in [2.75, 3.05) is 0 Å². The number of hydrazone groups is 1. The number of aliphatic carboxylic acids is 1. The predicted molar refractivity (Wildman–Crippen MR) is 92.9 cm³/mol. The molecule has 0 aliphatic carbocycles. The molecule has 1 aromatic carbocycles. The van der Waals surface area contributed by atoms with E-state index in [0.29, 0.717) is 12.0 Å². The molecule has 0 bridgehead atoms. The summed E-state index contributed by atoms with van der Waals surface area (Å²) < 4.78 is 13.6. The molecule has 1 aliphatic heterocycles. The largest absolute Gasteiger partial charge is 0.481 e. The van der Waals surface area contributed by atoms with Gasteiger partial charge in [0, 0.05) is 24.8 Å². The Bertz CT molecular complexity index is 804. The lowest BCUT2D eigenvalue weighted by Crippen LogP contribution is -2.27. The van der Waals surface area contributed by atoms with Gasteiger partial charge in [0.25, 0.3) is 0 Å². The maximum Gasteiger partial charge on any atom is 0.303 e. The van der Waals surface area contributed by atoms with Gasteiger partial charge in [0.2, 0.25) is 5.91 Å². The van der Waals surface area contributed by atoms with E-state index in [4.69, 9.17) is 5.11 Å². The van der Waals surface area contributed by atoms with Crippen LogP contribution in [0.15, 0.2) is 46.2 Å². The van der Waals surface area contributed by atoms with Crippen LogP contribution in [-0.4, -0.2) is 27.7 Å². The van der Waals surface area contributed by atoms with Gasteiger partial charge >= 0.3 is 5.97 Å². The van der Waals surface area contributed by atoms with E-state index in [9.17, 15) is 14.0 Å². The van der Waals surface area contributed by atoms with E-state index in [2.05, 4.69) is 5.10 Å². The molecule has 0 saturated heterocycles. The highest BCUT2D eigenvalue weighted by atomic mass is 32.1. The Labute approximate surface area is 148 Å². The van der Waals surface area contributed by atoms with E-state index in [-0.39, 0.29) is 37.0 Å². The molecule has 3 rings (SSSR count). The minimum Gasteiger partial charge on any atom is -0.481 e. The first-order valence-electron chi connectivity index (χ1n) is 7.94. The van der Waals surface area contributed by atoms with Gasteiger partial charge in [0.15, 0.2) is 0 Å². The number of nitrogens with zero attached hydrogens (tertiary/aromatic N) is 2. The average Bonchev–Trinajstić information content (AvgIpc) is 3.24. The molecule has 0 unspecified atom stereocenters. The van der Waals surface area contributed by atoms with Crippen molar-refractivity contribution in [1.29, 1.82) is 0 Å². The number of thiophene rings is 1. The maximum atomic E-state index is 13.6. The molecule has 2 aromatic rings. The molecule has 2 heterocycles. The lowest BCUT2D eigenvalue weighted by molar-refractivity contribution is -0.137. The summed E-state index contributed by atoms with van der Waals surface area (Å²) in [7, 11) is 0. The predicted octanol–water partition coefficient (Wildman–Crippen LogP) is 3.82. The van der Waals surface area contributed by atoms with Crippen LogP contribution in [0.25, 0.3) is 0 Å². The molecule has 1 N–H and O–H groups in total. The van der Waals surface area contributed by atoms with Crippen LogP contribution >= 0.6 is 11.3 Å². The van der Waals surface area contributed by atoms with Gasteiger partial charge in [-0.25, -0.2) is 9.40 Å². The fourth-order valence-corrected chi connectivity index (χ4v) is 3.49. The zero-order chi connectivity index (χ0) is 17.8. The van der Waals surface area contributed by atoms with E-state index in [1.807, 2.05) is 16.8 Å². The number of halogens is 1. The molecule has 1 atom stereocenters. The number of hydrogen-bond acceptors (Lipinski definition) is 4. The monoisotopic (exact) mass is 360 g/mol. The minimum absolute atomic E-state index is 0.0642. The molecule has 0 saturated carbocycles. The van der Waals surface area contributed by atoms with Crippen molar-refractivity contribution in [3.8, 4) is 0 Å². The van der Waals surface area contributed by atoms with Crippen LogP contribution in [0.3, 0.4) is 0 Å². The van der Waals surface area contributed by atoms with Crippen LogP contribution in [0.5, 0.6) is 0 Å². The third kappa shape index (κ3) is 4.11. The SMILES string of the molecule is O=C(O)CCCC(=O)N1N=C(c2ccsc2)C[C@H]1c1cccc(F)c1. The third-order valence-corrected chi connectivity index (χ3v) is 4.72. The Morgan fingerprint density at radius 1 is 1.32 bits per heavy atom. The van der Waals surface area contributed by atoms with Crippen LogP contribution in [-0.2, 0) is 9.59 Å². The molecule has 0 fully saturated rings. The molecule has 130 valence electrons. The number of rotatable bonds is 6. The molecule has 7 heteroatoms. The molecule has 5 nitrogen and oxygen atoms in total. The molecule has 25 heavy (non-hydrogen) atoms. The third-order valence-electron chi connectivity index (χ3n) is 4.04. The fourth-order valence-electron chi connectivity index (χ4n) is 2.82. The van der Waals surface area contributed by atoms with Crippen molar-refractivity contribution in [2.45, 2.75) is 31.7 Å². The first-order chi connectivity index (χ1) is 12.0. The maximum absolute atomic E-state index is 13.6. The van der Waals surface area contributed by atoms with Crippen molar-refractivity contribution in [3.63, 3.8) is 0 Å². The fraction of sp³-hybridized carbons (Fsp3) is 0.278. The number of amides is 1. The van der Waals surface area contributed by atoms with Crippen molar-refractivity contribution >= 4 is 28.9 Å². The van der Waals surface area contributed by atoms with Gasteiger partial charge in [-0.3, -0.25) is 9.59 Å². The summed E-state index contributed by atoms with van der Waals surface area (Å²) in [6.45, 7) is 0. The van der Waals surface area contributed by atoms with Crippen LogP contribution < -0.4 is 0 Å². The van der Waals surface area contributed by atoms with Crippen molar-refractivity contribution < 1.29 is 19.1 Å². The van der Waals surface area contributed by atoms with Crippen LogP contribution in [0.2, 0.25) is 0 Å². The molecular weight excluding hydrogens is 343 g/mol. The van der Waals surface area contributed by atoms with Gasteiger partial charge in [-0.15, -0.1) is 0 Å². The summed E-state index contributed by atoms with van der Waals surface area (Å²) in [5, 5.41) is 18.5. The summed E-state index contributed by atoms with van der Waals surface area (Å²) in [5.41, 5.74) is 2.41. The van der Waals surface area contributed by atoms with E-state index >= 15 is 0 Å². The molecule has 0 spiro atoms. The second-order valence-electron chi connectivity index (χ2n) is 5.82. The summed E-state index contributed by atoms with van der Waals surface area (Å²) in [4.78, 5) is 23.2. The van der Waals surface area contributed by atoms with Crippen LogP contribution in [0, 0.1) is 5.82 Å². The molecule has 0 radical (unpaired) electrons. The van der Waals surface area contributed by atoms with Crippen molar-refractivity contribution in [3.05, 3.63) is 58.0 Å². The average molecular weight is 360 g/mol. The Balaban J connectivity index is 1.83. The zero-order valence-electron chi connectivity index (χ0n) is 13.4. The van der Waals surface area contributed by atoms with Gasteiger partial charge in [-0.05, 0) is 40.9 Å². The number of carboxylic acids is 1. The highest BCUT2D eigenvalue weighted by molar-refractivity contribution is 7.08. The second-order valence-corrected chi connectivity index (χ2v) is 6.60. The highest BCUT2D eigenvalue weighted by Crippen LogP contribution is 2.34. The summed E-state index contributed by atoms with van der Waals surface area (Å²) in [6, 6.07) is 7.72. The summed E-state index contributed by atoms with van der Waals surface area (Å²) in [6.07, 6.45) is 0.790. The van der Waals surface area contributed by atoms with Crippen LogP contribution in [0.4, 0.5) is 4.39 Å². The number of carbonyl (C=O) groups excluding carboxylic acids is 1. The molecule has 1 aromatic heterocycles. The lowest BCUT2D eigenvalue weighted by Gasteiger charge is -2.22. The molecule has 1 aliphatic rings. The molecule has 1 amide bonds. The molecular formula is C18H17FN2O3S. The Hall–Kier alpha value is -2.54. The van der Waals surface area contributed by atoms with E-state index in [1.54, 1.807) is 23.5 Å². The normalized spacial score (nSPS) is 16.8. The first-order valence-corrected chi connectivity index (χ1v) is 8.88. The van der Waals surface area contributed by atoms with Gasteiger partial charge < -0.3 is 5.11 Å². The van der Waals surface area contributed by atoms with Gasteiger partial charge in [-0.1, -0.05) is 12.1 Å². The number of hydrogen-bond donors (Lipinski definition) is 1. The number of benzene rings is 1. The van der Waals surface area contributed by atoms with Gasteiger partial charge in [-0.2, -0.15) is 16.4 Å². The van der Waals surface area contributed by atoms with E-state index < -0.39 is 5.97 Å². The topological polar surface area (TPSA) is 70.0 Å². The Morgan fingerprint density at radius 3 is 2.84 bits per heavy atom. The lowest BCUT2D eigenvalue weighted by atomic mass is 9.99. The van der Waals surface area contributed by atoms with Crippen LogP contribution in [0.1, 0.15) is 42.9 Å². The standard InChI is InChI=1S/C18H17FN2O3S/c19-14-4-1-3-12(9-14)16-10-15(13-7-8-25-11-13)20-21(16)17(22)5-2-6-18(23)24/h1,3-4,7-9,11,16H,2,5-6,10H2,(H,23,24)/t16-/m0/s1. The number of carbonyl (C=O) groups is 2. The Kier molecular flexibility index (Phi) is 5.23. The first kappa shape index (κ1) is 17.3. The summed E-state index contributed by atoms with van der Waals surface area (Å²) >= 11 is 1.54. The summed E-state index contributed by atoms with van der Waals surface area (Å²) in [5.74, 6) is -1.54. The smallest absolute Gasteiger partial charge is 0.303 e. The van der Waals surface area contributed by atoms with Gasteiger partial charge in [0.1, 0.15) is 5.82 Å².